The summed E-state index contributed by atoms with van der Waals surface area (Å²) < 4.78 is 0. The summed E-state index contributed by atoms with van der Waals surface area (Å²) >= 11 is 0. The van der Waals surface area contributed by atoms with Gasteiger partial charge in [0.2, 0.25) is 0 Å². The van der Waals surface area contributed by atoms with Gasteiger partial charge in [-0.3, -0.25) is 0 Å². The topological polar surface area (TPSA) is 36.9 Å². The van der Waals surface area contributed by atoms with Crippen molar-refractivity contribution in [3.05, 3.63) is 59.7 Å². The predicted molar refractivity (Wildman–Crippen MR) is 62.1 cm³/mol. The molecule has 4 aliphatic rings. The fourth-order valence-corrected chi connectivity index (χ4v) is 2.48. The van der Waals surface area contributed by atoms with Gasteiger partial charge in [0.25, 0.3) is 0 Å². The molecule has 1 saturated heterocycles. The average Bonchev–Trinajstić information content (AvgIpc) is 2.49. The van der Waals surface area contributed by atoms with E-state index in [0.29, 0.717) is 0 Å². The minimum Gasteiger partial charge on any atom is -0.225 e. The van der Waals surface area contributed by atoms with Crippen LogP contribution in [0.5, 0.6) is 0 Å². The summed E-state index contributed by atoms with van der Waals surface area (Å²) in [6.07, 6.45) is 5.26. The van der Waals surface area contributed by atoms with Gasteiger partial charge in [0, 0.05) is 0 Å². The molecule has 3 aliphatic heterocycles. The highest BCUT2D eigenvalue weighted by Gasteiger charge is 2.43. The quantitative estimate of drug-likeness (QED) is 0.561. The SMILES string of the molecule is C1=CC2OOC1C1=CC(c3ccccc3)OOC12. The van der Waals surface area contributed by atoms with Gasteiger partial charge in [-0.1, -0.05) is 36.4 Å². The maximum absolute atomic E-state index is 5.46. The molecule has 18 heavy (non-hydrogen) atoms. The molecule has 4 nitrogen and oxygen atoms in total. The molecule has 1 fully saturated rings. The highest BCUT2D eigenvalue weighted by atomic mass is 17.2. The fourth-order valence-electron chi connectivity index (χ4n) is 2.48. The average molecular weight is 244 g/mol. The van der Waals surface area contributed by atoms with Gasteiger partial charge in [-0.25, -0.2) is 19.6 Å². The van der Waals surface area contributed by atoms with Crippen molar-refractivity contribution in [1.29, 1.82) is 0 Å². The summed E-state index contributed by atoms with van der Waals surface area (Å²) in [6.45, 7) is 0. The van der Waals surface area contributed by atoms with Crippen LogP contribution in [0.4, 0.5) is 0 Å². The Morgan fingerprint density at radius 1 is 0.778 bits per heavy atom. The minimum atomic E-state index is -0.210. The molecular weight excluding hydrogens is 232 g/mol. The highest BCUT2D eigenvalue weighted by Crippen LogP contribution is 2.38. The third kappa shape index (κ3) is 1.54. The zero-order valence-electron chi connectivity index (χ0n) is 9.56. The molecule has 3 heterocycles. The van der Waals surface area contributed by atoms with E-state index in [9.17, 15) is 0 Å². The van der Waals surface area contributed by atoms with Crippen molar-refractivity contribution < 1.29 is 19.6 Å². The lowest BCUT2D eigenvalue weighted by Gasteiger charge is -2.40. The number of hydrogen-bond acceptors (Lipinski definition) is 4. The van der Waals surface area contributed by atoms with Gasteiger partial charge in [-0.15, -0.1) is 0 Å². The van der Waals surface area contributed by atoms with E-state index in [4.69, 9.17) is 19.6 Å². The lowest BCUT2D eigenvalue weighted by Crippen LogP contribution is -2.47. The molecule has 1 aromatic carbocycles. The summed E-state index contributed by atoms with van der Waals surface area (Å²) in [6, 6.07) is 9.97. The maximum Gasteiger partial charge on any atom is 0.150 e. The number of hydrogen-bond donors (Lipinski definition) is 0. The molecule has 1 aromatic rings. The van der Waals surface area contributed by atoms with Gasteiger partial charge >= 0.3 is 0 Å². The molecule has 4 atom stereocenters. The van der Waals surface area contributed by atoms with Gasteiger partial charge in [0.05, 0.1) is 0 Å². The van der Waals surface area contributed by atoms with Crippen molar-refractivity contribution in [3.8, 4) is 0 Å². The van der Waals surface area contributed by atoms with Crippen LogP contribution in [0.2, 0.25) is 0 Å². The van der Waals surface area contributed by atoms with Crippen LogP contribution < -0.4 is 0 Å². The van der Waals surface area contributed by atoms with Crippen LogP contribution in [-0.4, -0.2) is 18.3 Å². The Morgan fingerprint density at radius 3 is 2.39 bits per heavy atom. The van der Waals surface area contributed by atoms with Crippen molar-refractivity contribution in [2.75, 3.05) is 0 Å². The van der Waals surface area contributed by atoms with Crippen LogP contribution in [0.15, 0.2) is 54.1 Å². The van der Waals surface area contributed by atoms with Crippen molar-refractivity contribution in [2.24, 2.45) is 0 Å². The van der Waals surface area contributed by atoms with Gasteiger partial charge in [-0.05, 0) is 23.3 Å². The Bertz CT molecular complexity index is 508. The lowest BCUT2D eigenvalue weighted by molar-refractivity contribution is -0.422. The zero-order chi connectivity index (χ0) is 11.9. The molecule has 4 heteroatoms. The molecule has 0 saturated carbocycles. The molecule has 0 amide bonds. The highest BCUT2D eigenvalue weighted by molar-refractivity contribution is 5.34. The summed E-state index contributed by atoms with van der Waals surface area (Å²) in [5, 5.41) is 0. The van der Waals surface area contributed by atoms with Crippen LogP contribution in [0.3, 0.4) is 0 Å². The lowest BCUT2D eigenvalue weighted by atomic mass is 9.89. The third-order valence-corrected chi connectivity index (χ3v) is 3.44. The Labute approximate surface area is 104 Å². The zero-order valence-corrected chi connectivity index (χ0v) is 9.56. The largest absolute Gasteiger partial charge is 0.225 e. The first kappa shape index (κ1) is 10.5. The summed E-state index contributed by atoms with van der Waals surface area (Å²) in [7, 11) is 0. The minimum absolute atomic E-state index is 0.157. The van der Waals surface area contributed by atoms with E-state index in [2.05, 4.69) is 6.08 Å². The van der Waals surface area contributed by atoms with E-state index < -0.39 is 0 Å². The van der Waals surface area contributed by atoms with Crippen molar-refractivity contribution in [1.82, 2.24) is 0 Å². The van der Waals surface area contributed by atoms with E-state index in [1.807, 2.05) is 42.5 Å². The second-order valence-electron chi connectivity index (χ2n) is 4.57. The first-order valence-electron chi connectivity index (χ1n) is 6.01. The van der Waals surface area contributed by atoms with Crippen LogP contribution in [0.25, 0.3) is 0 Å². The normalized spacial score (nSPS) is 37.2. The van der Waals surface area contributed by atoms with E-state index in [-0.39, 0.29) is 24.4 Å². The Balaban J connectivity index is 1.69. The smallest absolute Gasteiger partial charge is 0.150 e. The van der Waals surface area contributed by atoms with E-state index >= 15 is 0 Å². The molecule has 0 N–H and O–H groups in total. The molecular formula is C14H12O4. The molecule has 0 spiro atoms. The Hall–Kier alpha value is -1.46. The first-order chi connectivity index (χ1) is 8.92. The van der Waals surface area contributed by atoms with Crippen LogP contribution in [0, 0.1) is 0 Å². The van der Waals surface area contributed by atoms with Crippen molar-refractivity contribution >= 4 is 0 Å². The molecule has 4 unspecified atom stereocenters. The molecule has 0 aromatic heterocycles. The second-order valence-corrected chi connectivity index (χ2v) is 4.57. The third-order valence-electron chi connectivity index (χ3n) is 3.44. The summed E-state index contributed by atoms with van der Waals surface area (Å²) in [4.78, 5) is 21.3. The Morgan fingerprint density at radius 2 is 1.61 bits per heavy atom. The summed E-state index contributed by atoms with van der Waals surface area (Å²) in [5.74, 6) is 0. The maximum atomic E-state index is 5.46. The molecule has 2 bridgehead atoms. The van der Waals surface area contributed by atoms with Gasteiger partial charge in [-0.2, -0.15) is 0 Å². The van der Waals surface area contributed by atoms with Gasteiger partial charge < -0.3 is 0 Å². The van der Waals surface area contributed by atoms with Gasteiger partial charge in [0.1, 0.15) is 24.4 Å². The number of rotatable bonds is 1. The molecule has 1 aliphatic carbocycles. The van der Waals surface area contributed by atoms with E-state index in [1.54, 1.807) is 0 Å². The molecule has 92 valence electrons. The van der Waals surface area contributed by atoms with Gasteiger partial charge in [0.15, 0.2) is 0 Å². The predicted octanol–water partition coefficient (Wildman–Crippen LogP) is 2.25. The van der Waals surface area contributed by atoms with Crippen molar-refractivity contribution in [3.63, 3.8) is 0 Å². The monoisotopic (exact) mass is 244 g/mol. The Kier molecular flexibility index (Phi) is 2.34. The van der Waals surface area contributed by atoms with Crippen LogP contribution in [-0.2, 0) is 19.6 Å². The van der Waals surface area contributed by atoms with Crippen LogP contribution >= 0.6 is 0 Å². The summed E-state index contributed by atoms with van der Waals surface area (Å²) in [5.41, 5.74) is 2.14. The molecule has 0 radical (unpaired) electrons. The standard InChI is InChI=1S/C14H12O4/c1-2-4-9(5-3-1)13-8-10-11-6-7-12(16-15-11)14(10)18-17-13/h1-8,11-14H. The van der Waals surface area contributed by atoms with E-state index in [0.717, 1.165) is 11.1 Å². The van der Waals surface area contributed by atoms with E-state index in [1.165, 1.54) is 0 Å². The number of fused-ring (bicyclic) bond motifs is 1. The number of benzene rings is 1. The van der Waals surface area contributed by atoms with Crippen LogP contribution in [0.1, 0.15) is 11.7 Å². The fraction of sp³-hybridized carbons (Fsp3) is 0.286. The van der Waals surface area contributed by atoms with Crippen molar-refractivity contribution in [2.45, 2.75) is 24.4 Å². The second kappa shape index (κ2) is 4.03. The first-order valence-corrected chi connectivity index (χ1v) is 6.01. The molecule has 5 rings (SSSR count).